The number of hydrogen-bond donors (Lipinski definition) is 1. The normalized spacial score (nSPS) is 26.3. The van der Waals surface area contributed by atoms with Gasteiger partial charge in [-0.25, -0.2) is 17.1 Å². The van der Waals surface area contributed by atoms with Crippen molar-refractivity contribution in [1.82, 2.24) is 4.31 Å². The smallest absolute Gasteiger partial charge is 0.218 e. The van der Waals surface area contributed by atoms with Crippen molar-refractivity contribution < 1.29 is 17.9 Å². The van der Waals surface area contributed by atoms with E-state index in [0.29, 0.717) is 24.6 Å². The van der Waals surface area contributed by atoms with Crippen molar-refractivity contribution >= 4 is 10.0 Å². The van der Waals surface area contributed by atoms with Gasteiger partial charge in [-0.2, -0.15) is 0 Å². The Morgan fingerprint density at radius 1 is 1.26 bits per heavy atom. The second kappa shape index (κ2) is 6.49. The van der Waals surface area contributed by atoms with Crippen LogP contribution in [0.25, 0.3) is 0 Å². The van der Waals surface area contributed by atoms with Crippen molar-refractivity contribution in [3.8, 4) is 0 Å². The maximum Gasteiger partial charge on any atom is 0.218 e. The summed E-state index contributed by atoms with van der Waals surface area (Å²) < 4.78 is 39.9. The summed E-state index contributed by atoms with van der Waals surface area (Å²) in [6.07, 6.45) is 5.00. The fourth-order valence-corrected chi connectivity index (χ4v) is 5.25. The molecule has 0 spiro atoms. The van der Waals surface area contributed by atoms with Crippen molar-refractivity contribution in [2.24, 2.45) is 11.3 Å². The van der Waals surface area contributed by atoms with Gasteiger partial charge in [-0.15, -0.1) is 0 Å². The number of piperidine rings is 1. The quantitative estimate of drug-likeness (QED) is 0.865. The van der Waals surface area contributed by atoms with E-state index in [9.17, 15) is 17.9 Å². The molecule has 128 valence electrons. The third kappa shape index (κ3) is 4.11. The number of aliphatic hydroxyl groups excluding tert-OH is 1. The van der Waals surface area contributed by atoms with E-state index in [1.165, 1.54) is 41.4 Å². The van der Waals surface area contributed by atoms with Gasteiger partial charge in [-0.3, -0.25) is 0 Å². The molecule has 0 amide bonds. The van der Waals surface area contributed by atoms with Crippen LogP contribution in [0.4, 0.5) is 4.39 Å². The van der Waals surface area contributed by atoms with Crippen LogP contribution in [-0.2, 0) is 15.8 Å². The molecule has 23 heavy (non-hydrogen) atoms. The molecule has 1 saturated carbocycles. The molecular formula is C17H24FNO3S. The second-order valence-electron chi connectivity index (χ2n) is 7.13. The van der Waals surface area contributed by atoms with Crippen LogP contribution in [-0.4, -0.2) is 37.5 Å². The first-order chi connectivity index (χ1) is 10.9. The monoisotopic (exact) mass is 341 g/mol. The number of aliphatic hydroxyl groups is 1. The molecule has 1 N–H and O–H groups in total. The predicted molar refractivity (Wildman–Crippen MR) is 86.7 cm³/mol. The van der Waals surface area contributed by atoms with Crippen molar-refractivity contribution in [2.45, 2.75) is 37.9 Å². The Morgan fingerprint density at radius 3 is 2.57 bits per heavy atom. The highest BCUT2D eigenvalue weighted by Gasteiger charge is 2.42. The van der Waals surface area contributed by atoms with Crippen molar-refractivity contribution in [3.05, 3.63) is 35.6 Å². The summed E-state index contributed by atoms with van der Waals surface area (Å²) in [7, 11) is -3.45. The average Bonchev–Trinajstić information content (AvgIpc) is 3.33. The molecule has 1 aromatic carbocycles. The Hall–Kier alpha value is -0.980. The minimum atomic E-state index is -3.45. The molecule has 1 aromatic rings. The standard InChI is InChI=1S/C17H24FNO3S/c18-16-6-4-15(5-7-16)11-23(21,22)19-9-1-8-17(12-19,13-20)10-14-2-3-14/h4-7,14,20H,1-3,8-13H2/t17-/m1/s1. The topological polar surface area (TPSA) is 57.6 Å². The zero-order valence-corrected chi connectivity index (χ0v) is 14.1. The fourth-order valence-electron chi connectivity index (χ4n) is 3.58. The summed E-state index contributed by atoms with van der Waals surface area (Å²) in [5.74, 6) is 0.174. The molecule has 1 aliphatic heterocycles. The van der Waals surface area contributed by atoms with E-state index in [0.717, 1.165) is 19.3 Å². The van der Waals surface area contributed by atoms with E-state index in [2.05, 4.69) is 0 Å². The molecule has 1 saturated heterocycles. The molecule has 1 heterocycles. The Balaban J connectivity index is 1.72. The molecule has 0 radical (unpaired) electrons. The van der Waals surface area contributed by atoms with Crippen molar-refractivity contribution in [1.29, 1.82) is 0 Å². The zero-order chi connectivity index (χ0) is 16.5. The third-order valence-electron chi connectivity index (χ3n) is 5.04. The van der Waals surface area contributed by atoms with Crippen LogP contribution in [0.1, 0.15) is 37.7 Å². The van der Waals surface area contributed by atoms with Crippen LogP contribution < -0.4 is 0 Å². The highest BCUT2D eigenvalue weighted by atomic mass is 32.2. The van der Waals surface area contributed by atoms with Gasteiger partial charge in [0, 0.05) is 25.1 Å². The summed E-state index contributed by atoms with van der Waals surface area (Å²) in [6, 6.07) is 5.60. The van der Waals surface area contributed by atoms with E-state index in [-0.39, 0.29) is 23.6 Å². The van der Waals surface area contributed by atoms with Crippen LogP contribution in [0.3, 0.4) is 0 Å². The summed E-state index contributed by atoms with van der Waals surface area (Å²) in [6.45, 7) is 0.964. The Labute approximate surface area is 137 Å². The van der Waals surface area contributed by atoms with Gasteiger partial charge < -0.3 is 5.11 Å². The first-order valence-electron chi connectivity index (χ1n) is 8.26. The molecular weight excluding hydrogens is 317 g/mol. The van der Waals surface area contributed by atoms with E-state index >= 15 is 0 Å². The van der Waals surface area contributed by atoms with E-state index in [1.807, 2.05) is 0 Å². The summed E-state index contributed by atoms with van der Waals surface area (Å²) in [5.41, 5.74) is 0.309. The van der Waals surface area contributed by atoms with Gasteiger partial charge in [0.15, 0.2) is 0 Å². The lowest BCUT2D eigenvalue weighted by molar-refractivity contribution is 0.0514. The highest BCUT2D eigenvalue weighted by Crippen LogP contribution is 2.44. The lowest BCUT2D eigenvalue weighted by atomic mass is 9.77. The van der Waals surface area contributed by atoms with Gasteiger partial charge in [0.25, 0.3) is 0 Å². The van der Waals surface area contributed by atoms with Crippen molar-refractivity contribution in [3.63, 3.8) is 0 Å². The molecule has 3 rings (SSSR count). The Bertz CT molecular complexity index is 642. The molecule has 0 bridgehead atoms. The summed E-state index contributed by atoms with van der Waals surface area (Å²) >= 11 is 0. The molecule has 1 aliphatic carbocycles. The molecule has 2 fully saturated rings. The number of nitrogens with zero attached hydrogens (tertiary/aromatic N) is 1. The van der Waals surface area contributed by atoms with Crippen LogP contribution in [0.2, 0.25) is 0 Å². The van der Waals surface area contributed by atoms with Gasteiger partial charge in [0.05, 0.1) is 5.75 Å². The fraction of sp³-hybridized carbons (Fsp3) is 0.647. The maximum atomic E-state index is 13.0. The van der Waals surface area contributed by atoms with Gasteiger partial charge >= 0.3 is 0 Å². The van der Waals surface area contributed by atoms with Crippen LogP contribution in [0.5, 0.6) is 0 Å². The number of benzene rings is 1. The predicted octanol–water partition coefficient (Wildman–Crippen LogP) is 2.53. The van der Waals surface area contributed by atoms with E-state index in [1.54, 1.807) is 0 Å². The summed E-state index contributed by atoms with van der Waals surface area (Å²) in [4.78, 5) is 0. The molecule has 0 unspecified atom stereocenters. The Kier molecular flexibility index (Phi) is 4.76. The van der Waals surface area contributed by atoms with Crippen LogP contribution >= 0.6 is 0 Å². The van der Waals surface area contributed by atoms with Gasteiger partial charge in [-0.1, -0.05) is 25.0 Å². The van der Waals surface area contributed by atoms with E-state index in [4.69, 9.17) is 0 Å². The number of hydrogen-bond acceptors (Lipinski definition) is 3. The SMILES string of the molecule is O=S(=O)(Cc1ccc(F)cc1)N1CCC[C@@](CO)(CC2CC2)C1. The third-order valence-corrected chi connectivity index (χ3v) is 6.83. The molecule has 4 nitrogen and oxygen atoms in total. The Morgan fingerprint density at radius 2 is 1.96 bits per heavy atom. The maximum absolute atomic E-state index is 13.0. The largest absolute Gasteiger partial charge is 0.396 e. The van der Waals surface area contributed by atoms with E-state index < -0.39 is 10.0 Å². The first kappa shape index (κ1) is 16.9. The molecule has 2 aliphatic rings. The zero-order valence-electron chi connectivity index (χ0n) is 13.2. The number of sulfonamides is 1. The van der Waals surface area contributed by atoms with Crippen molar-refractivity contribution in [2.75, 3.05) is 19.7 Å². The minimum Gasteiger partial charge on any atom is -0.396 e. The van der Waals surface area contributed by atoms with Crippen LogP contribution in [0.15, 0.2) is 24.3 Å². The highest BCUT2D eigenvalue weighted by molar-refractivity contribution is 7.88. The lowest BCUT2D eigenvalue weighted by Gasteiger charge is -2.41. The number of halogens is 1. The minimum absolute atomic E-state index is 0.0477. The molecule has 0 aromatic heterocycles. The van der Waals surface area contributed by atoms with Gasteiger partial charge in [0.1, 0.15) is 5.82 Å². The second-order valence-corrected chi connectivity index (χ2v) is 9.09. The van der Waals surface area contributed by atoms with Gasteiger partial charge in [-0.05, 0) is 42.9 Å². The average molecular weight is 341 g/mol. The molecule has 1 atom stereocenters. The number of rotatable bonds is 6. The van der Waals surface area contributed by atoms with Crippen LogP contribution in [0, 0.1) is 17.2 Å². The first-order valence-corrected chi connectivity index (χ1v) is 9.87. The summed E-state index contributed by atoms with van der Waals surface area (Å²) in [5, 5.41) is 9.86. The lowest BCUT2D eigenvalue weighted by Crippen LogP contribution is -2.48. The van der Waals surface area contributed by atoms with Gasteiger partial charge in [0.2, 0.25) is 10.0 Å². The molecule has 6 heteroatoms.